The first-order valence-corrected chi connectivity index (χ1v) is 5.71. The minimum atomic E-state index is 0.368. The Labute approximate surface area is 86.4 Å². The van der Waals surface area contributed by atoms with Gasteiger partial charge in [-0.3, -0.25) is 4.90 Å². The summed E-state index contributed by atoms with van der Waals surface area (Å²) in [6.45, 7) is 4.21. The molecule has 0 radical (unpaired) electrons. The smallest absolute Gasteiger partial charge is 0.111 e. The first-order chi connectivity index (χ1) is 6.81. The summed E-state index contributed by atoms with van der Waals surface area (Å²) in [5.74, 6) is 0. The van der Waals surface area contributed by atoms with Crippen LogP contribution in [0.4, 0.5) is 0 Å². The van der Waals surface area contributed by atoms with Crippen molar-refractivity contribution in [2.75, 3.05) is 20.3 Å². The second kappa shape index (κ2) is 4.60. The molecule has 2 aliphatic rings. The van der Waals surface area contributed by atoms with Gasteiger partial charge in [0.25, 0.3) is 0 Å². The maximum absolute atomic E-state index is 5.89. The molecule has 2 aliphatic heterocycles. The lowest BCUT2D eigenvalue weighted by atomic mass is 10.2. The average Bonchev–Trinajstić information content (AvgIpc) is 2.74. The van der Waals surface area contributed by atoms with E-state index in [0.717, 1.165) is 6.61 Å². The molecule has 0 saturated carbocycles. The monoisotopic (exact) mass is 199 g/mol. The van der Waals surface area contributed by atoms with Crippen LogP contribution in [0, 0.1) is 0 Å². The Hall–Kier alpha value is -0.120. The summed E-state index contributed by atoms with van der Waals surface area (Å²) in [6, 6.07) is 0.593. The summed E-state index contributed by atoms with van der Waals surface area (Å²) in [5.41, 5.74) is 0. The van der Waals surface area contributed by atoms with Crippen LogP contribution in [0.25, 0.3) is 0 Å². The van der Waals surface area contributed by atoms with Gasteiger partial charge in [-0.05, 0) is 32.6 Å². The van der Waals surface area contributed by atoms with E-state index in [9.17, 15) is 0 Å². The SMILES string of the molecule is COC[C@H]1CCCN1C1CCC(C)O1. The van der Waals surface area contributed by atoms with Crippen LogP contribution in [-0.4, -0.2) is 43.5 Å². The van der Waals surface area contributed by atoms with Gasteiger partial charge >= 0.3 is 0 Å². The molecule has 0 N–H and O–H groups in total. The summed E-state index contributed by atoms with van der Waals surface area (Å²) in [6.07, 6.45) is 5.78. The minimum absolute atomic E-state index is 0.368. The van der Waals surface area contributed by atoms with E-state index in [1.165, 1.54) is 32.2 Å². The van der Waals surface area contributed by atoms with Crippen molar-refractivity contribution in [3.8, 4) is 0 Å². The van der Waals surface area contributed by atoms with Gasteiger partial charge in [0.05, 0.1) is 12.7 Å². The van der Waals surface area contributed by atoms with Gasteiger partial charge in [0.2, 0.25) is 0 Å². The molecule has 0 aromatic carbocycles. The highest BCUT2D eigenvalue weighted by Gasteiger charge is 2.34. The Kier molecular flexibility index (Phi) is 3.42. The van der Waals surface area contributed by atoms with Crippen molar-refractivity contribution in [3.05, 3.63) is 0 Å². The third-order valence-electron chi connectivity index (χ3n) is 3.36. The molecule has 0 spiro atoms. The quantitative estimate of drug-likeness (QED) is 0.689. The standard InChI is InChI=1S/C11H21NO2/c1-9-5-6-11(14-9)12-7-3-4-10(12)8-13-2/h9-11H,3-8H2,1-2H3/t9?,10-,11?/m1/s1. The van der Waals surface area contributed by atoms with E-state index in [1.54, 1.807) is 7.11 Å². The molecule has 3 heteroatoms. The fourth-order valence-corrected chi connectivity index (χ4v) is 2.63. The Morgan fingerprint density at radius 2 is 2.21 bits per heavy atom. The predicted molar refractivity (Wildman–Crippen MR) is 55.2 cm³/mol. The van der Waals surface area contributed by atoms with E-state index in [0.29, 0.717) is 18.4 Å². The van der Waals surface area contributed by atoms with Crippen molar-refractivity contribution in [2.24, 2.45) is 0 Å². The zero-order valence-corrected chi connectivity index (χ0v) is 9.24. The molecule has 0 bridgehead atoms. The Morgan fingerprint density at radius 1 is 1.36 bits per heavy atom. The topological polar surface area (TPSA) is 21.7 Å². The van der Waals surface area contributed by atoms with Gasteiger partial charge in [0.1, 0.15) is 6.23 Å². The number of hydrogen-bond acceptors (Lipinski definition) is 3. The number of methoxy groups -OCH3 is 1. The summed E-state index contributed by atoms with van der Waals surface area (Å²) in [7, 11) is 1.79. The van der Waals surface area contributed by atoms with Gasteiger partial charge in [0.15, 0.2) is 0 Å². The third-order valence-corrected chi connectivity index (χ3v) is 3.36. The maximum atomic E-state index is 5.89. The van der Waals surface area contributed by atoms with E-state index in [-0.39, 0.29) is 0 Å². The van der Waals surface area contributed by atoms with Crippen LogP contribution in [0.2, 0.25) is 0 Å². The van der Waals surface area contributed by atoms with Crippen LogP contribution in [0.3, 0.4) is 0 Å². The van der Waals surface area contributed by atoms with Crippen molar-refractivity contribution in [1.29, 1.82) is 0 Å². The summed E-state index contributed by atoms with van der Waals surface area (Å²) < 4.78 is 11.1. The van der Waals surface area contributed by atoms with Crippen molar-refractivity contribution in [1.82, 2.24) is 4.90 Å². The van der Waals surface area contributed by atoms with Crippen LogP contribution in [0.5, 0.6) is 0 Å². The molecule has 82 valence electrons. The lowest BCUT2D eigenvalue weighted by Gasteiger charge is -2.29. The van der Waals surface area contributed by atoms with E-state index in [4.69, 9.17) is 9.47 Å². The first kappa shape index (κ1) is 10.4. The normalized spacial score (nSPS) is 39.4. The summed E-state index contributed by atoms with van der Waals surface area (Å²) in [4.78, 5) is 2.49. The molecule has 2 saturated heterocycles. The summed E-state index contributed by atoms with van der Waals surface area (Å²) >= 11 is 0. The number of hydrogen-bond donors (Lipinski definition) is 0. The van der Waals surface area contributed by atoms with Crippen molar-refractivity contribution in [3.63, 3.8) is 0 Å². The van der Waals surface area contributed by atoms with Crippen molar-refractivity contribution < 1.29 is 9.47 Å². The predicted octanol–water partition coefficient (Wildman–Crippen LogP) is 1.62. The van der Waals surface area contributed by atoms with Gasteiger partial charge in [0, 0.05) is 19.7 Å². The molecule has 2 unspecified atom stereocenters. The van der Waals surface area contributed by atoms with Gasteiger partial charge in [-0.2, -0.15) is 0 Å². The largest absolute Gasteiger partial charge is 0.383 e. The average molecular weight is 199 g/mol. The van der Waals surface area contributed by atoms with Gasteiger partial charge in [-0.1, -0.05) is 0 Å². The first-order valence-electron chi connectivity index (χ1n) is 5.71. The van der Waals surface area contributed by atoms with Crippen LogP contribution >= 0.6 is 0 Å². The molecule has 2 heterocycles. The Morgan fingerprint density at radius 3 is 2.86 bits per heavy atom. The third kappa shape index (κ3) is 2.10. The van der Waals surface area contributed by atoms with E-state index >= 15 is 0 Å². The molecule has 0 aromatic heterocycles. The number of nitrogens with zero attached hydrogens (tertiary/aromatic N) is 1. The van der Waals surface area contributed by atoms with Gasteiger partial charge < -0.3 is 9.47 Å². The summed E-state index contributed by atoms with van der Waals surface area (Å²) in [5, 5.41) is 0. The Balaban J connectivity index is 1.89. The lowest BCUT2D eigenvalue weighted by molar-refractivity contribution is -0.0646. The number of likely N-dealkylation sites (tertiary alicyclic amines) is 1. The second-order valence-corrected chi connectivity index (χ2v) is 4.47. The highest BCUT2D eigenvalue weighted by atomic mass is 16.5. The lowest BCUT2D eigenvalue weighted by Crippen LogP contribution is -2.41. The van der Waals surface area contributed by atoms with Crippen LogP contribution < -0.4 is 0 Å². The molecule has 3 atom stereocenters. The van der Waals surface area contributed by atoms with Crippen molar-refractivity contribution >= 4 is 0 Å². The molecule has 3 nitrogen and oxygen atoms in total. The maximum Gasteiger partial charge on any atom is 0.111 e. The zero-order valence-electron chi connectivity index (χ0n) is 9.24. The fraction of sp³-hybridized carbons (Fsp3) is 1.00. The highest BCUT2D eigenvalue weighted by Crippen LogP contribution is 2.28. The molecular formula is C11H21NO2. The molecule has 0 amide bonds. The molecule has 0 aliphatic carbocycles. The molecular weight excluding hydrogens is 178 g/mol. The van der Waals surface area contributed by atoms with Crippen LogP contribution in [-0.2, 0) is 9.47 Å². The highest BCUT2D eigenvalue weighted by molar-refractivity contribution is 4.83. The Bertz CT molecular complexity index is 186. The zero-order chi connectivity index (χ0) is 9.97. The number of ether oxygens (including phenoxy) is 2. The molecule has 0 aromatic rings. The van der Waals surface area contributed by atoms with E-state index < -0.39 is 0 Å². The van der Waals surface area contributed by atoms with E-state index in [2.05, 4.69) is 11.8 Å². The van der Waals surface area contributed by atoms with Gasteiger partial charge in [-0.15, -0.1) is 0 Å². The molecule has 2 rings (SSSR count). The number of rotatable bonds is 3. The second-order valence-electron chi connectivity index (χ2n) is 4.47. The fourth-order valence-electron chi connectivity index (χ4n) is 2.63. The van der Waals surface area contributed by atoms with Crippen LogP contribution in [0.1, 0.15) is 32.6 Å². The molecule has 14 heavy (non-hydrogen) atoms. The van der Waals surface area contributed by atoms with E-state index in [1.807, 2.05) is 0 Å². The van der Waals surface area contributed by atoms with Gasteiger partial charge in [-0.25, -0.2) is 0 Å². The van der Waals surface area contributed by atoms with Crippen LogP contribution in [0.15, 0.2) is 0 Å². The molecule has 2 fully saturated rings. The minimum Gasteiger partial charge on any atom is -0.383 e. The van der Waals surface area contributed by atoms with Crippen molar-refractivity contribution in [2.45, 2.75) is 51.0 Å².